The van der Waals surface area contributed by atoms with Crippen molar-refractivity contribution in [2.24, 2.45) is 0 Å². The summed E-state index contributed by atoms with van der Waals surface area (Å²) in [6.07, 6.45) is 3.11. The van der Waals surface area contributed by atoms with Crippen LogP contribution in [0.4, 0.5) is 0 Å². The summed E-state index contributed by atoms with van der Waals surface area (Å²) in [5, 5.41) is 1.03. The molecular formula is C11H13BrO. The van der Waals surface area contributed by atoms with Crippen molar-refractivity contribution in [1.82, 2.24) is 0 Å². The summed E-state index contributed by atoms with van der Waals surface area (Å²) < 4.78 is 0. The summed E-state index contributed by atoms with van der Waals surface area (Å²) in [4.78, 5) is 10.5. The molecule has 0 heterocycles. The zero-order valence-corrected chi connectivity index (χ0v) is 9.30. The highest BCUT2D eigenvalue weighted by molar-refractivity contribution is 9.09. The van der Waals surface area contributed by atoms with E-state index < -0.39 is 0 Å². The molecule has 1 aromatic carbocycles. The lowest BCUT2D eigenvalue weighted by molar-refractivity contribution is 0.112. The summed E-state index contributed by atoms with van der Waals surface area (Å²) in [7, 11) is 0. The van der Waals surface area contributed by atoms with Crippen LogP contribution in [0.2, 0.25) is 0 Å². The quantitative estimate of drug-likeness (QED) is 0.584. The molecule has 0 unspecified atom stereocenters. The molecule has 0 fully saturated rings. The minimum absolute atomic E-state index is 0.764. The molecule has 1 nitrogen and oxygen atoms in total. The van der Waals surface area contributed by atoms with Gasteiger partial charge in [0.25, 0.3) is 0 Å². The molecule has 0 saturated heterocycles. The number of hydrogen-bond acceptors (Lipinski definition) is 1. The molecule has 0 atom stereocenters. The van der Waals surface area contributed by atoms with Crippen LogP contribution >= 0.6 is 15.9 Å². The van der Waals surface area contributed by atoms with Crippen molar-refractivity contribution in [3.05, 3.63) is 34.9 Å². The highest BCUT2D eigenvalue weighted by Gasteiger charge is 1.98. The third-order valence-corrected chi connectivity index (χ3v) is 2.64. The molecule has 0 N–H and O–H groups in total. The molecular weight excluding hydrogens is 228 g/mol. The zero-order chi connectivity index (χ0) is 9.68. The molecule has 0 amide bonds. The topological polar surface area (TPSA) is 17.1 Å². The smallest absolute Gasteiger partial charge is 0.150 e. The van der Waals surface area contributed by atoms with Gasteiger partial charge in [0, 0.05) is 10.9 Å². The van der Waals surface area contributed by atoms with Crippen LogP contribution < -0.4 is 0 Å². The van der Waals surface area contributed by atoms with Crippen LogP contribution in [-0.2, 0) is 6.42 Å². The number of benzene rings is 1. The third kappa shape index (κ3) is 2.96. The van der Waals surface area contributed by atoms with Gasteiger partial charge in [-0.25, -0.2) is 0 Å². The Morgan fingerprint density at radius 3 is 2.77 bits per heavy atom. The van der Waals surface area contributed by atoms with Gasteiger partial charge in [0.05, 0.1) is 0 Å². The van der Waals surface area contributed by atoms with E-state index in [4.69, 9.17) is 0 Å². The number of hydrogen-bond donors (Lipinski definition) is 0. The lowest BCUT2D eigenvalue weighted by Crippen LogP contribution is -1.92. The largest absolute Gasteiger partial charge is 0.298 e. The van der Waals surface area contributed by atoms with E-state index in [1.165, 1.54) is 11.1 Å². The Hall–Kier alpha value is -0.630. The van der Waals surface area contributed by atoms with Gasteiger partial charge in [-0.1, -0.05) is 28.1 Å². The summed E-state index contributed by atoms with van der Waals surface area (Å²) in [6, 6.07) is 5.86. The number of rotatable bonds is 4. The first-order chi connectivity index (χ1) is 6.27. The Bertz CT molecular complexity index is 294. The second kappa shape index (κ2) is 5.18. The minimum atomic E-state index is 0.764. The van der Waals surface area contributed by atoms with Crippen LogP contribution in [0.5, 0.6) is 0 Å². The van der Waals surface area contributed by atoms with E-state index in [1.54, 1.807) is 0 Å². The van der Waals surface area contributed by atoms with Crippen LogP contribution in [0.3, 0.4) is 0 Å². The lowest BCUT2D eigenvalue weighted by Gasteiger charge is -2.04. The minimum Gasteiger partial charge on any atom is -0.298 e. The molecule has 0 spiro atoms. The van der Waals surface area contributed by atoms with E-state index in [2.05, 4.69) is 22.9 Å². The highest BCUT2D eigenvalue weighted by atomic mass is 79.9. The molecule has 0 saturated carbocycles. The van der Waals surface area contributed by atoms with Crippen molar-refractivity contribution in [1.29, 1.82) is 0 Å². The maximum absolute atomic E-state index is 10.5. The van der Waals surface area contributed by atoms with E-state index in [-0.39, 0.29) is 0 Å². The molecule has 0 aliphatic carbocycles. The number of aryl methyl sites for hydroxylation is 2. The van der Waals surface area contributed by atoms with Crippen LogP contribution in [0.1, 0.15) is 27.9 Å². The third-order valence-electron chi connectivity index (χ3n) is 2.08. The number of aldehydes is 1. The van der Waals surface area contributed by atoms with Crippen molar-refractivity contribution in [2.75, 3.05) is 5.33 Å². The van der Waals surface area contributed by atoms with Crippen molar-refractivity contribution < 1.29 is 4.79 Å². The molecule has 70 valence electrons. The van der Waals surface area contributed by atoms with Crippen molar-refractivity contribution in [3.8, 4) is 0 Å². The molecule has 0 radical (unpaired) electrons. The van der Waals surface area contributed by atoms with Crippen LogP contribution in [0.25, 0.3) is 0 Å². The van der Waals surface area contributed by atoms with Crippen molar-refractivity contribution >= 4 is 22.2 Å². The summed E-state index contributed by atoms with van der Waals surface area (Å²) in [6.45, 7) is 2.05. The van der Waals surface area contributed by atoms with Gasteiger partial charge in [0.1, 0.15) is 6.29 Å². The Labute approximate surface area is 87.3 Å². The first-order valence-corrected chi connectivity index (χ1v) is 5.50. The first kappa shape index (κ1) is 10.5. The first-order valence-electron chi connectivity index (χ1n) is 4.38. The van der Waals surface area contributed by atoms with Gasteiger partial charge >= 0.3 is 0 Å². The molecule has 13 heavy (non-hydrogen) atoms. The maximum atomic E-state index is 10.5. The molecule has 0 aromatic heterocycles. The van der Waals surface area contributed by atoms with Crippen LogP contribution in [0.15, 0.2) is 18.2 Å². The van der Waals surface area contributed by atoms with Crippen LogP contribution in [0, 0.1) is 6.92 Å². The van der Waals surface area contributed by atoms with E-state index in [1.807, 2.05) is 18.2 Å². The summed E-state index contributed by atoms with van der Waals surface area (Å²) in [5.41, 5.74) is 3.32. The molecule has 0 aliphatic heterocycles. The van der Waals surface area contributed by atoms with Crippen molar-refractivity contribution in [2.45, 2.75) is 19.8 Å². The van der Waals surface area contributed by atoms with E-state index in [0.29, 0.717) is 0 Å². The second-order valence-corrected chi connectivity index (χ2v) is 3.89. The molecule has 0 aliphatic rings. The Morgan fingerprint density at radius 2 is 2.23 bits per heavy atom. The van der Waals surface area contributed by atoms with Gasteiger partial charge in [-0.15, -0.1) is 0 Å². The fourth-order valence-corrected chi connectivity index (χ4v) is 1.61. The van der Waals surface area contributed by atoms with Gasteiger partial charge in [-0.3, -0.25) is 4.79 Å². The number of carbonyl (C=O) groups is 1. The van der Waals surface area contributed by atoms with E-state index in [0.717, 1.165) is 30.0 Å². The van der Waals surface area contributed by atoms with E-state index >= 15 is 0 Å². The maximum Gasteiger partial charge on any atom is 0.150 e. The predicted octanol–water partition coefficient (Wildman–Crippen LogP) is 3.14. The second-order valence-electron chi connectivity index (χ2n) is 3.10. The van der Waals surface area contributed by atoms with Gasteiger partial charge in [-0.05, 0) is 37.0 Å². The fraction of sp³-hybridized carbons (Fsp3) is 0.364. The lowest BCUT2D eigenvalue weighted by atomic mass is 10.0. The highest BCUT2D eigenvalue weighted by Crippen LogP contribution is 2.12. The fourth-order valence-electron chi connectivity index (χ4n) is 1.33. The van der Waals surface area contributed by atoms with E-state index in [9.17, 15) is 4.79 Å². The van der Waals surface area contributed by atoms with Gasteiger partial charge in [0.2, 0.25) is 0 Å². The number of alkyl halides is 1. The standard InChI is InChI=1S/C11H13BrO/c1-9-7-10(8-13)4-5-11(9)3-2-6-12/h4-5,7-8H,2-3,6H2,1H3. The van der Waals surface area contributed by atoms with Crippen LogP contribution in [-0.4, -0.2) is 11.6 Å². The number of halogens is 1. The molecule has 2 heteroatoms. The molecule has 0 bridgehead atoms. The number of carbonyl (C=O) groups excluding carboxylic acids is 1. The Morgan fingerprint density at radius 1 is 1.46 bits per heavy atom. The molecule has 1 rings (SSSR count). The van der Waals surface area contributed by atoms with Crippen molar-refractivity contribution in [3.63, 3.8) is 0 Å². The normalized spacial score (nSPS) is 10.0. The average molecular weight is 241 g/mol. The average Bonchev–Trinajstić information content (AvgIpc) is 2.16. The Kier molecular flexibility index (Phi) is 4.16. The summed E-state index contributed by atoms with van der Waals surface area (Å²) in [5.74, 6) is 0. The van der Waals surface area contributed by atoms with Gasteiger partial charge < -0.3 is 0 Å². The SMILES string of the molecule is Cc1cc(C=O)ccc1CCCBr. The zero-order valence-electron chi connectivity index (χ0n) is 7.72. The predicted molar refractivity (Wildman–Crippen MR) is 58.7 cm³/mol. The molecule has 1 aromatic rings. The van der Waals surface area contributed by atoms with Gasteiger partial charge in [-0.2, -0.15) is 0 Å². The Balaban J connectivity index is 2.79. The monoisotopic (exact) mass is 240 g/mol. The van der Waals surface area contributed by atoms with Gasteiger partial charge in [0.15, 0.2) is 0 Å². The summed E-state index contributed by atoms with van der Waals surface area (Å²) >= 11 is 3.40.